The van der Waals surface area contributed by atoms with Gasteiger partial charge in [-0.05, 0) is 30.7 Å². The summed E-state index contributed by atoms with van der Waals surface area (Å²) in [5, 5.41) is 6.49. The topological polar surface area (TPSA) is 84.0 Å². The molecule has 0 saturated carbocycles. The van der Waals surface area contributed by atoms with Gasteiger partial charge in [-0.25, -0.2) is 4.98 Å². The van der Waals surface area contributed by atoms with Crippen LogP contribution in [0.15, 0.2) is 54.9 Å². The number of carbonyl (C=O) groups is 2. The number of nitrogens with one attached hydrogen (secondary N) is 2. The molecule has 2 aromatic heterocycles. The molecule has 0 bridgehead atoms. The van der Waals surface area contributed by atoms with Crippen LogP contribution < -0.4 is 10.6 Å². The Balaban J connectivity index is 1.65. The summed E-state index contributed by atoms with van der Waals surface area (Å²) in [6.07, 6.45) is 9.84. The fraction of sp³-hybridized carbons (Fsp3) is 0.143. The van der Waals surface area contributed by atoms with Gasteiger partial charge in [0.25, 0.3) is 5.91 Å². The lowest BCUT2D eigenvalue weighted by atomic mass is 10.2. The Morgan fingerprint density at radius 2 is 1.89 bits per heavy atom. The molecule has 0 radical (unpaired) electrons. The normalized spacial score (nSPS) is 10.2. The van der Waals surface area contributed by atoms with Crippen molar-refractivity contribution in [3.63, 3.8) is 0 Å². The first-order chi connectivity index (χ1) is 13.2. The van der Waals surface area contributed by atoms with Gasteiger partial charge in [0.1, 0.15) is 5.69 Å². The molecule has 0 fully saturated rings. The van der Waals surface area contributed by atoms with Crippen molar-refractivity contribution in [3.05, 3.63) is 60.6 Å². The number of terminal acetylenes is 1. The molecule has 0 aliphatic carbocycles. The summed E-state index contributed by atoms with van der Waals surface area (Å²) >= 11 is 0. The van der Waals surface area contributed by atoms with E-state index >= 15 is 0 Å². The maximum Gasteiger partial charge on any atom is 0.274 e. The number of aromatic nitrogens is 2. The second kappa shape index (κ2) is 8.59. The lowest BCUT2D eigenvalue weighted by Crippen LogP contribution is -2.15. The van der Waals surface area contributed by atoms with E-state index in [9.17, 15) is 9.59 Å². The van der Waals surface area contributed by atoms with Crippen molar-refractivity contribution >= 4 is 34.1 Å². The smallest absolute Gasteiger partial charge is 0.274 e. The summed E-state index contributed by atoms with van der Waals surface area (Å²) in [5.41, 5.74) is 2.10. The first kappa shape index (κ1) is 18.1. The highest BCUT2D eigenvalue weighted by Gasteiger charge is 2.11. The predicted molar refractivity (Wildman–Crippen MR) is 105 cm³/mol. The molecule has 6 nitrogen and oxygen atoms in total. The van der Waals surface area contributed by atoms with E-state index in [0.29, 0.717) is 36.2 Å². The van der Waals surface area contributed by atoms with Gasteiger partial charge in [-0.15, -0.1) is 12.3 Å². The number of carbonyl (C=O) groups excluding carboxylic acids is 2. The molecule has 3 aromatic rings. The zero-order valence-corrected chi connectivity index (χ0v) is 14.6. The average Bonchev–Trinajstić information content (AvgIpc) is 2.69. The molecule has 0 aliphatic heterocycles. The van der Waals surface area contributed by atoms with Crippen LogP contribution in [0.25, 0.3) is 10.9 Å². The van der Waals surface area contributed by atoms with Gasteiger partial charge >= 0.3 is 0 Å². The molecule has 0 spiro atoms. The number of amides is 2. The zero-order chi connectivity index (χ0) is 19.1. The third kappa shape index (κ3) is 4.67. The number of hydrogen-bond donors (Lipinski definition) is 2. The Morgan fingerprint density at radius 3 is 2.67 bits per heavy atom. The number of para-hydroxylation sites is 1. The Hall–Kier alpha value is -3.72. The lowest BCUT2D eigenvalue weighted by molar-refractivity contribution is -0.116. The quantitative estimate of drug-likeness (QED) is 0.521. The van der Waals surface area contributed by atoms with E-state index in [2.05, 4.69) is 26.5 Å². The summed E-state index contributed by atoms with van der Waals surface area (Å²) < 4.78 is 0. The Bertz CT molecular complexity index is 1000. The number of hydrogen-bond acceptors (Lipinski definition) is 4. The van der Waals surface area contributed by atoms with Crippen molar-refractivity contribution in [2.24, 2.45) is 0 Å². The van der Waals surface area contributed by atoms with Gasteiger partial charge in [-0.2, -0.15) is 0 Å². The minimum Gasteiger partial charge on any atom is -0.325 e. The van der Waals surface area contributed by atoms with Gasteiger partial charge in [-0.3, -0.25) is 14.6 Å². The maximum absolute atomic E-state index is 12.5. The van der Waals surface area contributed by atoms with Gasteiger partial charge in [0.2, 0.25) is 5.91 Å². The second-order valence-electron chi connectivity index (χ2n) is 5.87. The first-order valence-electron chi connectivity index (χ1n) is 8.52. The van der Waals surface area contributed by atoms with Crippen LogP contribution in [0.5, 0.6) is 0 Å². The van der Waals surface area contributed by atoms with Crippen LogP contribution in [-0.2, 0) is 4.79 Å². The highest BCUT2D eigenvalue weighted by molar-refractivity contribution is 6.07. The second-order valence-corrected chi connectivity index (χ2v) is 5.87. The Kier molecular flexibility index (Phi) is 5.75. The summed E-state index contributed by atoms with van der Waals surface area (Å²) in [5.74, 6) is 2.02. The number of fused-ring (bicyclic) bond motifs is 1. The van der Waals surface area contributed by atoms with Gasteiger partial charge in [0.15, 0.2) is 0 Å². The fourth-order valence-electron chi connectivity index (χ4n) is 2.57. The van der Waals surface area contributed by atoms with Crippen LogP contribution in [0.2, 0.25) is 0 Å². The molecule has 1 aromatic carbocycles. The summed E-state index contributed by atoms with van der Waals surface area (Å²) in [6.45, 7) is 0. The first-order valence-corrected chi connectivity index (χ1v) is 8.52. The molecular formula is C21H18N4O2. The average molecular weight is 358 g/mol. The molecule has 27 heavy (non-hydrogen) atoms. The molecule has 0 aliphatic rings. The summed E-state index contributed by atoms with van der Waals surface area (Å²) in [6, 6.07) is 12.5. The maximum atomic E-state index is 12.5. The van der Waals surface area contributed by atoms with Crippen molar-refractivity contribution in [1.29, 1.82) is 0 Å². The monoisotopic (exact) mass is 358 g/mol. The van der Waals surface area contributed by atoms with Gasteiger partial charge < -0.3 is 10.6 Å². The van der Waals surface area contributed by atoms with E-state index in [1.54, 1.807) is 24.4 Å². The van der Waals surface area contributed by atoms with Crippen molar-refractivity contribution in [2.75, 3.05) is 10.6 Å². The lowest BCUT2D eigenvalue weighted by Gasteiger charge is -2.08. The molecular weight excluding hydrogens is 340 g/mol. The van der Waals surface area contributed by atoms with Crippen LogP contribution >= 0.6 is 0 Å². The van der Waals surface area contributed by atoms with Crippen LogP contribution in [0, 0.1) is 12.3 Å². The highest BCUT2D eigenvalue weighted by atomic mass is 16.2. The molecule has 0 saturated heterocycles. The number of nitrogens with zero attached hydrogens (tertiary/aromatic N) is 2. The molecule has 2 heterocycles. The van der Waals surface area contributed by atoms with Crippen LogP contribution in [-0.4, -0.2) is 21.8 Å². The van der Waals surface area contributed by atoms with Crippen LogP contribution in [0.4, 0.5) is 11.4 Å². The molecule has 134 valence electrons. The van der Waals surface area contributed by atoms with Crippen LogP contribution in [0.1, 0.15) is 29.8 Å². The van der Waals surface area contributed by atoms with Crippen molar-refractivity contribution in [2.45, 2.75) is 19.3 Å². The summed E-state index contributed by atoms with van der Waals surface area (Å²) in [7, 11) is 0. The minimum atomic E-state index is -0.347. The Morgan fingerprint density at radius 1 is 1.04 bits per heavy atom. The zero-order valence-electron chi connectivity index (χ0n) is 14.6. The third-order valence-electron chi connectivity index (χ3n) is 3.89. The fourth-order valence-corrected chi connectivity index (χ4v) is 2.57. The molecule has 0 atom stereocenters. The molecule has 2 amide bonds. The Labute approximate surface area is 157 Å². The van der Waals surface area contributed by atoms with E-state index in [1.807, 2.05) is 24.3 Å². The molecule has 2 N–H and O–H groups in total. The third-order valence-corrected chi connectivity index (χ3v) is 3.89. The van der Waals surface area contributed by atoms with Gasteiger partial charge in [0.05, 0.1) is 23.1 Å². The number of rotatable bonds is 6. The standard InChI is InChI=1S/C21H18N4O2/c1-2-3-4-10-19(26)24-16-11-12-18(23-14-16)21(27)25-17-9-5-7-15-8-6-13-22-20(15)17/h1,5-9,11-14H,3-4,10H2,(H,24,26)(H,25,27). The van der Waals surface area contributed by atoms with E-state index in [0.717, 1.165) is 5.39 Å². The van der Waals surface area contributed by atoms with E-state index in [4.69, 9.17) is 6.42 Å². The minimum absolute atomic E-state index is 0.133. The molecule has 0 unspecified atom stereocenters. The predicted octanol–water partition coefficient (Wildman–Crippen LogP) is 3.62. The number of pyridine rings is 2. The largest absolute Gasteiger partial charge is 0.325 e. The van der Waals surface area contributed by atoms with Crippen molar-refractivity contribution in [1.82, 2.24) is 9.97 Å². The van der Waals surface area contributed by atoms with Crippen LogP contribution in [0.3, 0.4) is 0 Å². The van der Waals surface area contributed by atoms with E-state index < -0.39 is 0 Å². The van der Waals surface area contributed by atoms with Crippen molar-refractivity contribution < 1.29 is 9.59 Å². The summed E-state index contributed by atoms with van der Waals surface area (Å²) in [4.78, 5) is 32.7. The van der Waals surface area contributed by atoms with Gasteiger partial charge in [0, 0.05) is 24.4 Å². The number of anilines is 2. The molecule has 3 rings (SSSR count). The van der Waals surface area contributed by atoms with E-state index in [1.165, 1.54) is 6.20 Å². The number of benzene rings is 1. The highest BCUT2D eigenvalue weighted by Crippen LogP contribution is 2.21. The van der Waals surface area contributed by atoms with Gasteiger partial charge in [-0.1, -0.05) is 18.2 Å². The van der Waals surface area contributed by atoms with Crippen molar-refractivity contribution in [3.8, 4) is 12.3 Å². The van der Waals surface area contributed by atoms with E-state index in [-0.39, 0.29) is 17.5 Å². The SMILES string of the molecule is C#CCCCC(=O)Nc1ccc(C(=O)Nc2cccc3cccnc23)nc1. The molecule has 6 heteroatoms. The number of unbranched alkanes of at least 4 members (excludes halogenated alkanes) is 1.